The third-order valence-corrected chi connectivity index (χ3v) is 4.26. The normalized spacial score (nSPS) is 11.4. The van der Waals surface area contributed by atoms with E-state index in [-0.39, 0.29) is 5.56 Å². The Labute approximate surface area is 144 Å². The molecule has 0 aliphatic carbocycles. The van der Waals surface area contributed by atoms with Gasteiger partial charge in [0, 0.05) is 18.1 Å². The Bertz CT molecular complexity index is 1100. The van der Waals surface area contributed by atoms with Gasteiger partial charge in [-0.15, -0.1) is 0 Å². The molecule has 0 aliphatic rings. The Morgan fingerprint density at radius 1 is 1.04 bits per heavy atom. The number of aromatic nitrogens is 1. The summed E-state index contributed by atoms with van der Waals surface area (Å²) in [5, 5.41) is 0.361. The second-order valence-electron chi connectivity index (χ2n) is 5.71. The van der Waals surface area contributed by atoms with Crippen LogP contribution in [0.2, 0.25) is 0 Å². The van der Waals surface area contributed by atoms with Crippen LogP contribution in [0.5, 0.6) is 0 Å². The van der Waals surface area contributed by atoms with Gasteiger partial charge in [0.05, 0.1) is 11.8 Å². The number of hydrogen-bond acceptors (Lipinski definition) is 4. The molecule has 3 rings (SSSR count). The van der Waals surface area contributed by atoms with Crippen LogP contribution in [-0.4, -0.2) is 25.1 Å². The molecule has 0 radical (unpaired) electrons. The maximum atomic E-state index is 12.6. The first kappa shape index (κ1) is 16.9. The molecular formula is C18H16N2O4S. The molecule has 0 saturated heterocycles. The highest BCUT2D eigenvalue weighted by atomic mass is 32.2. The van der Waals surface area contributed by atoms with Crippen LogP contribution in [0.15, 0.2) is 65.6 Å². The standard InChI is InChI=1S/C18H16N2O4S/c1-25(23,24)19-18(22)15-12-20(11-13-7-3-2-4-8-13)16-10-6-5-9-14(16)17(15)21/h2-10,12H,11H2,1H3,(H,19,22). The minimum absolute atomic E-state index is 0.208. The number of amides is 1. The number of hydrogen-bond donors (Lipinski definition) is 1. The van der Waals surface area contributed by atoms with E-state index in [0.29, 0.717) is 17.4 Å². The molecule has 1 N–H and O–H groups in total. The summed E-state index contributed by atoms with van der Waals surface area (Å²) in [6, 6.07) is 16.5. The van der Waals surface area contributed by atoms with Gasteiger partial charge >= 0.3 is 0 Å². The summed E-state index contributed by atoms with van der Waals surface area (Å²) in [7, 11) is -3.76. The third kappa shape index (κ3) is 3.77. The number of carbonyl (C=O) groups is 1. The number of benzene rings is 2. The number of fused-ring (bicyclic) bond motifs is 1. The molecule has 0 aliphatic heterocycles. The highest BCUT2D eigenvalue weighted by Gasteiger charge is 2.18. The quantitative estimate of drug-likeness (QED) is 0.772. The average molecular weight is 356 g/mol. The van der Waals surface area contributed by atoms with Gasteiger partial charge in [-0.25, -0.2) is 13.1 Å². The smallest absolute Gasteiger partial charge is 0.270 e. The van der Waals surface area contributed by atoms with Gasteiger partial charge < -0.3 is 4.57 Å². The van der Waals surface area contributed by atoms with E-state index in [1.54, 1.807) is 28.8 Å². The van der Waals surface area contributed by atoms with Gasteiger partial charge in [0.1, 0.15) is 5.56 Å². The second kappa shape index (κ2) is 6.52. The number of para-hydroxylation sites is 1. The van der Waals surface area contributed by atoms with Gasteiger partial charge in [-0.1, -0.05) is 42.5 Å². The van der Waals surface area contributed by atoms with Crippen LogP contribution >= 0.6 is 0 Å². The fourth-order valence-electron chi connectivity index (χ4n) is 2.64. The first-order valence-corrected chi connectivity index (χ1v) is 9.42. The molecule has 1 heterocycles. The topological polar surface area (TPSA) is 85.2 Å². The van der Waals surface area contributed by atoms with E-state index in [9.17, 15) is 18.0 Å². The molecule has 6 nitrogen and oxygen atoms in total. The molecule has 0 spiro atoms. The van der Waals surface area contributed by atoms with Gasteiger partial charge in [-0.2, -0.15) is 0 Å². The summed E-state index contributed by atoms with van der Waals surface area (Å²) in [5.41, 5.74) is 0.958. The average Bonchev–Trinajstić information content (AvgIpc) is 2.57. The fraction of sp³-hybridized carbons (Fsp3) is 0.111. The van der Waals surface area contributed by atoms with Crippen molar-refractivity contribution in [2.24, 2.45) is 0 Å². The van der Waals surface area contributed by atoms with Crippen LogP contribution in [0.3, 0.4) is 0 Å². The van der Waals surface area contributed by atoms with E-state index >= 15 is 0 Å². The van der Waals surface area contributed by atoms with Crippen molar-refractivity contribution >= 4 is 26.8 Å². The lowest BCUT2D eigenvalue weighted by molar-refractivity contribution is 0.0980. The molecule has 128 valence electrons. The maximum Gasteiger partial charge on any atom is 0.270 e. The SMILES string of the molecule is CS(=O)(=O)NC(=O)c1cn(Cc2ccccc2)c2ccccc2c1=O. The van der Waals surface area contributed by atoms with E-state index in [2.05, 4.69) is 0 Å². The van der Waals surface area contributed by atoms with E-state index in [0.717, 1.165) is 11.8 Å². The number of nitrogens with zero attached hydrogens (tertiary/aromatic N) is 1. The number of sulfonamides is 1. The first-order valence-electron chi connectivity index (χ1n) is 7.53. The molecule has 25 heavy (non-hydrogen) atoms. The summed E-state index contributed by atoms with van der Waals surface area (Å²) in [6.07, 6.45) is 2.27. The lowest BCUT2D eigenvalue weighted by Crippen LogP contribution is -2.33. The lowest BCUT2D eigenvalue weighted by atomic mass is 10.1. The first-order chi connectivity index (χ1) is 11.8. The van der Waals surface area contributed by atoms with Crippen molar-refractivity contribution in [1.82, 2.24) is 9.29 Å². The zero-order valence-electron chi connectivity index (χ0n) is 13.5. The van der Waals surface area contributed by atoms with Crippen molar-refractivity contribution in [2.75, 3.05) is 6.26 Å². The zero-order valence-corrected chi connectivity index (χ0v) is 14.3. The summed E-state index contributed by atoms with van der Waals surface area (Å²) < 4.78 is 26.3. The van der Waals surface area contributed by atoms with Crippen LogP contribution in [0.1, 0.15) is 15.9 Å². The Balaban J connectivity index is 2.17. The summed E-state index contributed by atoms with van der Waals surface area (Å²) in [6.45, 7) is 0.445. The number of carbonyl (C=O) groups excluding carboxylic acids is 1. The molecular weight excluding hydrogens is 340 g/mol. The van der Waals surface area contributed by atoms with Crippen molar-refractivity contribution in [3.05, 3.63) is 82.1 Å². The minimum atomic E-state index is -3.76. The van der Waals surface area contributed by atoms with Crippen LogP contribution < -0.4 is 10.2 Å². The minimum Gasteiger partial charge on any atom is -0.342 e. The van der Waals surface area contributed by atoms with E-state index in [1.807, 2.05) is 35.1 Å². The Kier molecular flexibility index (Phi) is 4.41. The van der Waals surface area contributed by atoms with Crippen LogP contribution in [0, 0.1) is 0 Å². The van der Waals surface area contributed by atoms with Crippen LogP contribution in [-0.2, 0) is 16.6 Å². The van der Waals surface area contributed by atoms with Crippen molar-refractivity contribution in [1.29, 1.82) is 0 Å². The summed E-state index contributed by atoms with van der Waals surface area (Å²) in [5.74, 6) is -0.930. The van der Waals surface area contributed by atoms with E-state index in [1.165, 1.54) is 6.20 Å². The van der Waals surface area contributed by atoms with Gasteiger partial charge in [-0.3, -0.25) is 9.59 Å². The highest BCUT2D eigenvalue weighted by Crippen LogP contribution is 2.14. The number of pyridine rings is 1. The van der Waals surface area contributed by atoms with Crippen molar-refractivity contribution in [3.63, 3.8) is 0 Å². The van der Waals surface area contributed by atoms with Gasteiger partial charge in [0.15, 0.2) is 0 Å². The number of nitrogens with one attached hydrogen (secondary N) is 1. The van der Waals surface area contributed by atoms with Crippen molar-refractivity contribution < 1.29 is 13.2 Å². The summed E-state index contributed by atoms with van der Waals surface area (Å²) >= 11 is 0. The summed E-state index contributed by atoms with van der Waals surface area (Å²) in [4.78, 5) is 24.8. The number of rotatable bonds is 4. The highest BCUT2D eigenvalue weighted by molar-refractivity contribution is 7.89. The second-order valence-corrected chi connectivity index (χ2v) is 7.45. The van der Waals surface area contributed by atoms with Crippen molar-refractivity contribution in [3.8, 4) is 0 Å². The molecule has 3 aromatic rings. The van der Waals surface area contributed by atoms with E-state index < -0.39 is 21.4 Å². The monoisotopic (exact) mass is 356 g/mol. The molecule has 2 aromatic carbocycles. The van der Waals surface area contributed by atoms with Crippen molar-refractivity contribution in [2.45, 2.75) is 6.54 Å². The largest absolute Gasteiger partial charge is 0.342 e. The Morgan fingerprint density at radius 2 is 1.68 bits per heavy atom. The Morgan fingerprint density at radius 3 is 2.36 bits per heavy atom. The molecule has 0 bridgehead atoms. The van der Waals surface area contributed by atoms with Gasteiger partial charge in [0.2, 0.25) is 15.5 Å². The van der Waals surface area contributed by atoms with Crippen LogP contribution in [0.25, 0.3) is 10.9 Å². The maximum absolute atomic E-state index is 12.6. The third-order valence-electron chi connectivity index (χ3n) is 3.71. The van der Waals surface area contributed by atoms with E-state index in [4.69, 9.17) is 0 Å². The predicted molar refractivity (Wildman–Crippen MR) is 96.1 cm³/mol. The molecule has 7 heteroatoms. The molecule has 0 saturated carbocycles. The van der Waals surface area contributed by atoms with Gasteiger partial charge in [0.25, 0.3) is 5.91 Å². The predicted octanol–water partition coefficient (Wildman–Crippen LogP) is 1.74. The molecule has 0 unspecified atom stereocenters. The molecule has 1 amide bonds. The molecule has 0 fully saturated rings. The lowest BCUT2D eigenvalue weighted by Gasteiger charge is -2.13. The molecule has 1 aromatic heterocycles. The Hall–Kier alpha value is -2.93. The molecule has 0 atom stereocenters. The fourth-order valence-corrected chi connectivity index (χ4v) is 3.09. The van der Waals surface area contributed by atoms with Gasteiger partial charge in [-0.05, 0) is 17.7 Å². The van der Waals surface area contributed by atoms with Crippen LogP contribution in [0.4, 0.5) is 0 Å². The zero-order chi connectivity index (χ0) is 18.0.